The molecule has 0 aromatic rings. The number of likely N-dealkylation sites (tertiary alicyclic amines) is 1. The van der Waals surface area contributed by atoms with Crippen LogP contribution in [0.3, 0.4) is 0 Å². The van der Waals surface area contributed by atoms with Crippen LogP contribution in [0.2, 0.25) is 6.32 Å². The summed E-state index contributed by atoms with van der Waals surface area (Å²) < 4.78 is 0. The Morgan fingerprint density at radius 2 is 2.18 bits per heavy atom. The minimum Gasteiger partial charge on any atom is -0.480 e. The third kappa shape index (κ3) is 4.38. The Morgan fingerprint density at radius 1 is 1.55 bits per heavy atom. The van der Waals surface area contributed by atoms with E-state index in [0.717, 1.165) is 0 Å². The van der Waals surface area contributed by atoms with Gasteiger partial charge in [-0.3, -0.25) is 9.69 Å². The number of aliphatic carboxylic acids is 1. The summed E-state index contributed by atoms with van der Waals surface area (Å²) in [6.45, 7) is -0.0577. The van der Waals surface area contributed by atoms with Crippen molar-refractivity contribution in [2.24, 2.45) is 11.7 Å². The molecule has 4 atom stereocenters. The summed E-state index contributed by atoms with van der Waals surface area (Å²) in [6.07, 6.45) is -0.0726. The maximum Gasteiger partial charge on any atom is 0.451 e. The first-order chi connectivity index (χ1) is 10.3. The zero-order valence-electron chi connectivity index (χ0n) is 12.7. The van der Waals surface area contributed by atoms with Crippen LogP contribution in [0.5, 0.6) is 0 Å². The average molecular weight is 319 g/mol. The topological polar surface area (TPSA) is 160 Å². The lowest BCUT2D eigenvalue weighted by Gasteiger charge is -2.29. The standard InChI is InChI=1S/C12H26BN3O6/c1-15-9(6-17)10(18)16-5-8(3-2-4-13(21)22)12(14,7-16)11(19)20/h8-10,15,17-18,21-22H,2-7,14H2,1H3,(H,19,20)/t8?,9-,10?,12-/m0/s1. The van der Waals surface area contributed by atoms with Gasteiger partial charge in [0.25, 0.3) is 0 Å². The fourth-order valence-corrected chi connectivity index (χ4v) is 2.90. The lowest BCUT2D eigenvalue weighted by Crippen LogP contribution is -2.56. The normalized spacial score (nSPS) is 28.5. The van der Waals surface area contributed by atoms with Gasteiger partial charge in [-0.15, -0.1) is 0 Å². The number of likely N-dealkylation sites (N-methyl/N-ethyl adjacent to an activating group) is 1. The summed E-state index contributed by atoms with van der Waals surface area (Å²) in [5, 5.41) is 49.3. The van der Waals surface area contributed by atoms with E-state index in [0.29, 0.717) is 12.8 Å². The van der Waals surface area contributed by atoms with Gasteiger partial charge in [-0.1, -0.05) is 6.42 Å². The SMILES string of the molecule is CN[C@@H](CO)C(O)N1CC(CCCB(O)O)[C@](N)(C(=O)O)C1. The Balaban J connectivity index is 2.76. The lowest BCUT2D eigenvalue weighted by molar-refractivity contribution is -0.144. The maximum absolute atomic E-state index is 11.5. The molecule has 1 aliphatic heterocycles. The number of carboxylic acids is 1. The molecular weight excluding hydrogens is 293 g/mol. The fourth-order valence-electron chi connectivity index (χ4n) is 2.90. The van der Waals surface area contributed by atoms with Crippen molar-refractivity contribution in [1.82, 2.24) is 10.2 Å². The molecule has 9 nitrogen and oxygen atoms in total. The van der Waals surface area contributed by atoms with Crippen LogP contribution in [0.25, 0.3) is 0 Å². The third-order valence-electron chi connectivity index (χ3n) is 4.36. The van der Waals surface area contributed by atoms with Crippen LogP contribution in [-0.4, -0.2) is 87.9 Å². The number of hydrogen-bond acceptors (Lipinski definition) is 8. The van der Waals surface area contributed by atoms with Crippen molar-refractivity contribution < 1.29 is 30.2 Å². The van der Waals surface area contributed by atoms with E-state index < -0.39 is 36.8 Å². The van der Waals surface area contributed by atoms with E-state index >= 15 is 0 Å². The van der Waals surface area contributed by atoms with Gasteiger partial charge in [0.05, 0.1) is 12.6 Å². The first kappa shape index (κ1) is 19.3. The van der Waals surface area contributed by atoms with Gasteiger partial charge < -0.3 is 36.4 Å². The molecule has 1 rings (SSSR count). The molecule has 22 heavy (non-hydrogen) atoms. The van der Waals surface area contributed by atoms with Crippen LogP contribution >= 0.6 is 0 Å². The molecule has 0 saturated carbocycles. The van der Waals surface area contributed by atoms with E-state index in [2.05, 4.69) is 5.32 Å². The Hall–Kier alpha value is -0.745. The van der Waals surface area contributed by atoms with E-state index in [-0.39, 0.29) is 26.0 Å². The Morgan fingerprint density at radius 3 is 2.64 bits per heavy atom. The molecule has 1 aliphatic rings. The minimum atomic E-state index is -1.50. The van der Waals surface area contributed by atoms with Crippen LogP contribution in [0.4, 0.5) is 0 Å². The van der Waals surface area contributed by atoms with Crippen molar-refractivity contribution in [2.75, 3.05) is 26.7 Å². The quantitative estimate of drug-likeness (QED) is 0.218. The molecule has 1 fully saturated rings. The van der Waals surface area contributed by atoms with Crippen LogP contribution in [0, 0.1) is 5.92 Å². The summed E-state index contributed by atoms with van der Waals surface area (Å²) >= 11 is 0. The monoisotopic (exact) mass is 319 g/mol. The van der Waals surface area contributed by atoms with Crippen molar-refractivity contribution in [2.45, 2.75) is 37.0 Å². The summed E-state index contributed by atoms with van der Waals surface area (Å²) in [5.74, 6) is -1.57. The van der Waals surface area contributed by atoms with Gasteiger partial charge >= 0.3 is 13.1 Å². The Labute approximate surface area is 129 Å². The molecule has 10 heteroatoms. The highest BCUT2D eigenvalue weighted by atomic mass is 16.4. The highest BCUT2D eigenvalue weighted by Crippen LogP contribution is 2.31. The van der Waals surface area contributed by atoms with Crippen molar-refractivity contribution in [1.29, 1.82) is 0 Å². The molecular formula is C12H26BN3O6. The molecule has 0 aliphatic carbocycles. The van der Waals surface area contributed by atoms with Crippen molar-refractivity contribution >= 4 is 13.1 Å². The van der Waals surface area contributed by atoms with Crippen LogP contribution < -0.4 is 11.1 Å². The molecule has 0 amide bonds. The first-order valence-electron chi connectivity index (χ1n) is 7.35. The van der Waals surface area contributed by atoms with Crippen LogP contribution in [0.1, 0.15) is 12.8 Å². The van der Waals surface area contributed by atoms with E-state index in [9.17, 15) is 20.1 Å². The third-order valence-corrected chi connectivity index (χ3v) is 4.36. The molecule has 0 spiro atoms. The number of nitrogens with one attached hydrogen (secondary N) is 1. The average Bonchev–Trinajstić information content (AvgIpc) is 2.78. The van der Waals surface area contributed by atoms with Gasteiger partial charge in [-0.05, 0) is 19.8 Å². The molecule has 2 unspecified atom stereocenters. The maximum atomic E-state index is 11.5. The Bertz CT molecular complexity index is 371. The van der Waals surface area contributed by atoms with Crippen LogP contribution in [-0.2, 0) is 4.79 Å². The fraction of sp³-hybridized carbons (Fsp3) is 0.917. The summed E-state index contributed by atoms with van der Waals surface area (Å²) in [4.78, 5) is 13.0. The van der Waals surface area contributed by atoms with Crippen molar-refractivity contribution in [3.05, 3.63) is 0 Å². The zero-order valence-corrected chi connectivity index (χ0v) is 12.7. The molecule has 0 radical (unpaired) electrons. The number of hydrogen-bond donors (Lipinski definition) is 7. The number of nitrogens with zero attached hydrogens (tertiary/aromatic N) is 1. The summed E-state index contributed by atoms with van der Waals surface area (Å²) in [7, 11) is 0.163. The number of carboxylic acid groups (broad SMARTS) is 1. The van der Waals surface area contributed by atoms with Gasteiger partial charge in [0.2, 0.25) is 0 Å². The van der Waals surface area contributed by atoms with Gasteiger partial charge in [-0.25, -0.2) is 0 Å². The van der Waals surface area contributed by atoms with Crippen LogP contribution in [0.15, 0.2) is 0 Å². The molecule has 128 valence electrons. The number of aliphatic hydroxyl groups excluding tert-OH is 2. The molecule has 1 saturated heterocycles. The second-order valence-electron chi connectivity index (χ2n) is 5.87. The van der Waals surface area contributed by atoms with Crippen molar-refractivity contribution in [3.8, 4) is 0 Å². The van der Waals surface area contributed by atoms with Crippen molar-refractivity contribution in [3.63, 3.8) is 0 Å². The molecule has 0 aromatic heterocycles. The molecule has 0 aromatic carbocycles. The van der Waals surface area contributed by atoms with E-state index in [1.165, 1.54) is 4.90 Å². The predicted molar refractivity (Wildman–Crippen MR) is 79.8 cm³/mol. The number of rotatable bonds is 9. The van der Waals surface area contributed by atoms with Gasteiger partial charge in [0, 0.05) is 19.0 Å². The number of aliphatic hydroxyl groups is 2. The summed E-state index contributed by atoms with van der Waals surface area (Å²) in [5.41, 5.74) is 4.51. The number of carbonyl (C=O) groups is 1. The smallest absolute Gasteiger partial charge is 0.451 e. The predicted octanol–water partition coefficient (Wildman–Crippen LogP) is -3.15. The first-order valence-corrected chi connectivity index (χ1v) is 7.35. The lowest BCUT2D eigenvalue weighted by atomic mass is 9.78. The number of nitrogens with two attached hydrogens (primary N) is 1. The van der Waals surface area contributed by atoms with E-state index in [1.807, 2.05) is 0 Å². The zero-order chi connectivity index (χ0) is 16.9. The van der Waals surface area contributed by atoms with Gasteiger partial charge in [0.15, 0.2) is 0 Å². The highest BCUT2D eigenvalue weighted by molar-refractivity contribution is 6.40. The van der Waals surface area contributed by atoms with Gasteiger partial charge in [0.1, 0.15) is 11.8 Å². The highest BCUT2D eigenvalue weighted by Gasteiger charge is 2.51. The second kappa shape index (κ2) is 8.20. The Kier molecular flexibility index (Phi) is 7.20. The van der Waals surface area contributed by atoms with Gasteiger partial charge in [-0.2, -0.15) is 0 Å². The largest absolute Gasteiger partial charge is 0.480 e. The summed E-state index contributed by atoms with van der Waals surface area (Å²) in [6, 6.07) is -0.601. The van der Waals surface area contributed by atoms with E-state index in [1.54, 1.807) is 7.05 Å². The molecule has 0 bridgehead atoms. The minimum absolute atomic E-state index is 0.0337. The second-order valence-corrected chi connectivity index (χ2v) is 5.87. The molecule has 8 N–H and O–H groups in total. The van der Waals surface area contributed by atoms with E-state index in [4.69, 9.17) is 15.8 Å². The molecule has 1 heterocycles.